The number of hydrogen-bond donors (Lipinski definition) is 2. The number of benzene rings is 2. The molecule has 0 aliphatic carbocycles. The molecule has 0 radical (unpaired) electrons. The lowest BCUT2D eigenvalue weighted by Gasteiger charge is -2.30. The molecule has 0 saturated carbocycles. The maximum absolute atomic E-state index is 12.4. The van der Waals surface area contributed by atoms with Crippen LogP contribution in [0.3, 0.4) is 0 Å². The second kappa shape index (κ2) is 6.97. The van der Waals surface area contributed by atoms with Crippen molar-refractivity contribution in [3.63, 3.8) is 0 Å². The van der Waals surface area contributed by atoms with E-state index < -0.39 is 5.97 Å². The molecule has 0 unspecified atom stereocenters. The Morgan fingerprint density at radius 2 is 1.88 bits per heavy atom. The van der Waals surface area contributed by atoms with Crippen molar-refractivity contribution >= 4 is 12.0 Å². The van der Waals surface area contributed by atoms with Gasteiger partial charge in [-0.3, -0.25) is 0 Å². The highest BCUT2D eigenvalue weighted by Gasteiger charge is 2.21. The van der Waals surface area contributed by atoms with Gasteiger partial charge < -0.3 is 15.3 Å². The molecule has 0 atom stereocenters. The molecule has 3 rings (SSSR count). The molecule has 25 heavy (non-hydrogen) atoms. The summed E-state index contributed by atoms with van der Waals surface area (Å²) in [4.78, 5) is 25.1. The zero-order valence-electron chi connectivity index (χ0n) is 14.5. The van der Waals surface area contributed by atoms with Gasteiger partial charge in [-0.15, -0.1) is 0 Å². The minimum atomic E-state index is -0.951. The Balaban J connectivity index is 1.61. The Morgan fingerprint density at radius 3 is 2.56 bits per heavy atom. The summed E-state index contributed by atoms with van der Waals surface area (Å²) in [5.74, 6) is -0.951. The van der Waals surface area contributed by atoms with Crippen molar-refractivity contribution in [3.05, 3.63) is 69.8 Å². The van der Waals surface area contributed by atoms with E-state index in [1.165, 1.54) is 22.3 Å². The van der Waals surface area contributed by atoms with E-state index >= 15 is 0 Å². The quantitative estimate of drug-likeness (QED) is 0.902. The lowest BCUT2D eigenvalue weighted by atomic mass is 9.93. The number of urea groups is 1. The fraction of sp³-hybridized carbons (Fsp3) is 0.300. The average Bonchev–Trinajstić information content (AvgIpc) is 2.59. The van der Waals surface area contributed by atoms with Crippen LogP contribution < -0.4 is 5.32 Å². The Bertz CT molecular complexity index is 812. The molecule has 2 aromatic carbocycles. The Labute approximate surface area is 147 Å². The third-order valence-electron chi connectivity index (χ3n) is 4.63. The van der Waals surface area contributed by atoms with Gasteiger partial charge in [-0.05, 0) is 54.7 Å². The molecule has 0 aromatic heterocycles. The third-order valence-corrected chi connectivity index (χ3v) is 4.63. The number of hydrogen-bond acceptors (Lipinski definition) is 2. The molecule has 1 heterocycles. The van der Waals surface area contributed by atoms with Crippen LogP contribution in [-0.2, 0) is 19.5 Å². The lowest BCUT2D eigenvalue weighted by Crippen LogP contribution is -2.42. The van der Waals surface area contributed by atoms with Crippen molar-refractivity contribution < 1.29 is 14.7 Å². The van der Waals surface area contributed by atoms with Gasteiger partial charge in [-0.1, -0.05) is 29.8 Å². The number of fused-ring (bicyclic) bond motifs is 1. The van der Waals surface area contributed by atoms with Crippen molar-refractivity contribution in [1.82, 2.24) is 10.2 Å². The molecule has 2 N–H and O–H groups in total. The van der Waals surface area contributed by atoms with Crippen molar-refractivity contribution in [1.29, 1.82) is 0 Å². The van der Waals surface area contributed by atoms with Crippen LogP contribution in [0.15, 0.2) is 36.4 Å². The molecule has 2 aromatic rings. The van der Waals surface area contributed by atoms with Crippen molar-refractivity contribution in [3.8, 4) is 0 Å². The highest BCUT2D eigenvalue weighted by atomic mass is 16.4. The Hall–Kier alpha value is -2.82. The number of carbonyl (C=O) groups is 2. The van der Waals surface area contributed by atoms with Gasteiger partial charge in [0.05, 0.1) is 5.56 Å². The van der Waals surface area contributed by atoms with E-state index in [2.05, 4.69) is 31.3 Å². The molecule has 1 aliphatic rings. The van der Waals surface area contributed by atoms with Crippen LogP contribution in [0.1, 0.15) is 38.2 Å². The van der Waals surface area contributed by atoms with Gasteiger partial charge in [-0.25, -0.2) is 9.59 Å². The van der Waals surface area contributed by atoms with E-state index in [0.717, 1.165) is 12.0 Å². The summed E-state index contributed by atoms with van der Waals surface area (Å²) in [6.45, 7) is 5.92. The molecule has 1 aliphatic heterocycles. The van der Waals surface area contributed by atoms with Crippen LogP contribution in [-0.4, -0.2) is 28.6 Å². The third kappa shape index (κ3) is 3.82. The van der Waals surface area contributed by atoms with Crippen LogP contribution in [0, 0.1) is 13.8 Å². The van der Waals surface area contributed by atoms with Gasteiger partial charge in [-0.2, -0.15) is 0 Å². The summed E-state index contributed by atoms with van der Waals surface area (Å²) < 4.78 is 0. The monoisotopic (exact) mass is 338 g/mol. The molecule has 0 fully saturated rings. The molecule has 0 bridgehead atoms. The molecule has 0 spiro atoms. The van der Waals surface area contributed by atoms with E-state index in [-0.39, 0.29) is 11.6 Å². The molecular weight excluding hydrogens is 316 g/mol. The average molecular weight is 338 g/mol. The number of carbonyl (C=O) groups excluding carboxylic acids is 1. The van der Waals surface area contributed by atoms with Crippen LogP contribution in [0.2, 0.25) is 0 Å². The highest BCUT2D eigenvalue weighted by Crippen LogP contribution is 2.24. The van der Waals surface area contributed by atoms with E-state index in [1.54, 1.807) is 24.3 Å². The first kappa shape index (κ1) is 17.0. The number of aryl methyl sites for hydroxylation is 2. The number of rotatable bonds is 3. The first-order chi connectivity index (χ1) is 11.9. The predicted octanol–water partition coefficient (Wildman–Crippen LogP) is 3.27. The summed E-state index contributed by atoms with van der Waals surface area (Å²) in [5.41, 5.74) is 6.23. The molecule has 5 nitrogen and oxygen atoms in total. The van der Waals surface area contributed by atoms with Crippen LogP contribution in [0.5, 0.6) is 0 Å². The molecule has 2 amide bonds. The van der Waals surface area contributed by atoms with Crippen molar-refractivity contribution in [2.24, 2.45) is 0 Å². The summed E-state index contributed by atoms with van der Waals surface area (Å²) in [6.07, 6.45) is 0.877. The maximum atomic E-state index is 12.4. The maximum Gasteiger partial charge on any atom is 0.335 e. The van der Waals surface area contributed by atoms with E-state index in [1.807, 2.05) is 4.90 Å². The molecular formula is C20H22N2O3. The second-order valence-electron chi connectivity index (χ2n) is 6.55. The first-order valence-electron chi connectivity index (χ1n) is 8.38. The minimum absolute atomic E-state index is 0.0906. The van der Waals surface area contributed by atoms with Crippen LogP contribution in [0.4, 0.5) is 4.79 Å². The minimum Gasteiger partial charge on any atom is -0.478 e. The first-order valence-corrected chi connectivity index (χ1v) is 8.38. The largest absolute Gasteiger partial charge is 0.478 e. The van der Waals surface area contributed by atoms with E-state index in [9.17, 15) is 9.59 Å². The SMILES string of the molecule is Cc1cc(C)c2c(c1)CN(C(=O)NCc1ccc(C(=O)O)cc1)CC2. The van der Waals surface area contributed by atoms with Gasteiger partial charge in [0, 0.05) is 19.6 Å². The zero-order valence-corrected chi connectivity index (χ0v) is 14.5. The number of aromatic carboxylic acids is 1. The standard InChI is InChI=1S/C20H22N2O3/c1-13-9-14(2)18-7-8-22(12-17(18)10-13)20(25)21-11-15-3-5-16(6-4-15)19(23)24/h3-6,9-10H,7-8,11-12H2,1-2H3,(H,21,25)(H,23,24). The van der Waals surface area contributed by atoms with Crippen LogP contribution in [0.25, 0.3) is 0 Å². The van der Waals surface area contributed by atoms with Gasteiger partial charge in [0.2, 0.25) is 0 Å². The number of nitrogens with zero attached hydrogens (tertiary/aromatic N) is 1. The Morgan fingerprint density at radius 1 is 1.16 bits per heavy atom. The van der Waals surface area contributed by atoms with Crippen molar-refractivity contribution in [2.75, 3.05) is 6.54 Å². The topological polar surface area (TPSA) is 69.6 Å². The number of nitrogens with one attached hydrogen (secondary N) is 1. The van der Waals surface area contributed by atoms with Crippen LogP contribution >= 0.6 is 0 Å². The summed E-state index contributed by atoms with van der Waals surface area (Å²) in [7, 11) is 0. The van der Waals surface area contributed by atoms with Gasteiger partial charge in [0.15, 0.2) is 0 Å². The predicted molar refractivity (Wildman–Crippen MR) is 95.7 cm³/mol. The van der Waals surface area contributed by atoms with Crippen molar-refractivity contribution in [2.45, 2.75) is 33.4 Å². The smallest absolute Gasteiger partial charge is 0.335 e. The second-order valence-corrected chi connectivity index (χ2v) is 6.55. The lowest BCUT2D eigenvalue weighted by molar-refractivity contribution is 0.0697. The number of carboxylic acid groups (broad SMARTS) is 1. The summed E-state index contributed by atoms with van der Waals surface area (Å²) in [6, 6.07) is 10.8. The normalized spacial score (nSPS) is 13.3. The molecule has 5 heteroatoms. The fourth-order valence-electron chi connectivity index (χ4n) is 3.34. The molecule has 130 valence electrons. The number of carboxylic acids is 1. The summed E-state index contributed by atoms with van der Waals surface area (Å²) >= 11 is 0. The Kier molecular flexibility index (Phi) is 4.74. The fourth-order valence-corrected chi connectivity index (χ4v) is 3.34. The van der Waals surface area contributed by atoms with E-state index in [4.69, 9.17) is 5.11 Å². The van der Waals surface area contributed by atoms with Gasteiger partial charge >= 0.3 is 12.0 Å². The number of amides is 2. The zero-order chi connectivity index (χ0) is 18.0. The van der Waals surface area contributed by atoms with Gasteiger partial charge in [0.25, 0.3) is 0 Å². The highest BCUT2D eigenvalue weighted by molar-refractivity contribution is 5.87. The van der Waals surface area contributed by atoms with E-state index in [0.29, 0.717) is 19.6 Å². The van der Waals surface area contributed by atoms with Gasteiger partial charge in [0.1, 0.15) is 0 Å². The summed E-state index contributed by atoms with van der Waals surface area (Å²) in [5, 5.41) is 11.8. The molecule has 0 saturated heterocycles.